The van der Waals surface area contributed by atoms with Crippen LogP contribution in [0.4, 0.5) is 0 Å². The van der Waals surface area contributed by atoms with E-state index < -0.39 is 15.9 Å². The summed E-state index contributed by atoms with van der Waals surface area (Å²) >= 11 is 0. The standard InChI is InChI=1S/C15H21N3O4S/c1-22-14-5-4-12(8-13(14)15(16)19)23(20,21)18-7-6-10-2-3-11(9-18)17-10/h4-5,8,10-11,17H,2-3,6-7,9H2,1H3,(H2,16,19). The number of amides is 1. The Labute approximate surface area is 135 Å². The van der Waals surface area contributed by atoms with Crippen LogP contribution in [0.3, 0.4) is 0 Å². The Bertz CT molecular complexity index is 719. The van der Waals surface area contributed by atoms with Crippen LogP contribution in [-0.2, 0) is 10.0 Å². The molecule has 2 heterocycles. The molecule has 2 saturated heterocycles. The van der Waals surface area contributed by atoms with Crippen LogP contribution < -0.4 is 15.8 Å². The molecule has 2 aliphatic rings. The molecular formula is C15H21N3O4S. The number of ether oxygens (including phenoxy) is 1. The van der Waals surface area contributed by atoms with Gasteiger partial charge in [-0.3, -0.25) is 4.79 Å². The van der Waals surface area contributed by atoms with E-state index in [0.29, 0.717) is 19.1 Å². The van der Waals surface area contributed by atoms with Gasteiger partial charge in [0.25, 0.3) is 5.91 Å². The molecule has 3 N–H and O–H groups in total. The van der Waals surface area contributed by atoms with Crippen molar-refractivity contribution < 1.29 is 17.9 Å². The number of primary amides is 1. The highest BCUT2D eigenvalue weighted by Gasteiger charge is 2.35. The molecule has 126 valence electrons. The highest BCUT2D eigenvalue weighted by Crippen LogP contribution is 2.27. The van der Waals surface area contributed by atoms with Crippen LogP contribution in [-0.4, -0.2) is 50.9 Å². The minimum Gasteiger partial charge on any atom is -0.496 e. The summed E-state index contributed by atoms with van der Waals surface area (Å²) in [5.74, 6) is -0.441. The molecule has 8 heteroatoms. The van der Waals surface area contributed by atoms with Crippen molar-refractivity contribution in [2.45, 2.75) is 36.2 Å². The van der Waals surface area contributed by atoms with Crippen molar-refractivity contribution in [1.82, 2.24) is 9.62 Å². The summed E-state index contributed by atoms with van der Waals surface area (Å²) in [7, 11) is -2.25. The van der Waals surface area contributed by atoms with Gasteiger partial charge in [-0.25, -0.2) is 8.42 Å². The summed E-state index contributed by atoms with van der Waals surface area (Å²) in [6.45, 7) is 0.936. The maximum absolute atomic E-state index is 12.9. The Hall–Kier alpha value is -1.64. The van der Waals surface area contributed by atoms with Gasteiger partial charge in [0.15, 0.2) is 0 Å². The Morgan fingerprint density at radius 3 is 2.74 bits per heavy atom. The number of fused-ring (bicyclic) bond motifs is 2. The first-order valence-electron chi connectivity index (χ1n) is 7.66. The number of hydrogen-bond donors (Lipinski definition) is 2. The number of carbonyl (C=O) groups excluding carboxylic acids is 1. The van der Waals surface area contributed by atoms with E-state index in [1.165, 1.54) is 29.6 Å². The van der Waals surface area contributed by atoms with E-state index in [0.717, 1.165) is 19.3 Å². The smallest absolute Gasteiger partial charge is 0.252 e. The number of nitrogens with two attached hydrogens (primary N) is 1. The van der Waals surface area contributed by atoms with Crippen LogP contribution in [0.15, 0.2) is 23.1 Å². The normalized spacial score (nSPS) is 25.1. The monoisotopic (exact) mass is 339 g/mol. The van der Waals surface area contributed by atoms with Crippen LogP contribution in [0.25, 0.3) is 0 Å². The van der Waals surface area contributed by atoms with Gasteiger partial charge in [-0.2, -0.15) is 4.31 Å². The largest absolute Gasteiger partial charge is 0.496 e. The molecule has 2 bridgehead atoms. The van der Waals surface area contributed by atoms with Crippen LogP contribution in [0.2, 0.25) is 0 Å². The van der Waals surface area contributed by atoms with Gasteiger partial charge in [0, 0.05) is 25.2 Å². The molecule has 1 aromatic rings. The van der Waals surface area contributed by atoms with Crippen LogP contribution >= 0.6 is 0 Å². The highest BCUT2D eigenvalue weighted by molar-refractivity contribution is 7.89. The number of carbonyl (C=O) groups is 1. The van der Waals surface area contributed by atoms with Crippen molar-refractivity contribution in [1.29, 1.82) is 0 Å². The zero-order valence-corrected chi connectivity index (χ0v) is 13.8. The van der Waals surface area contributed by atoms with Crippen LogP contribution in [0.1, 0.15) is 29.6 Å². The number of rotatable bonds is 4. The third kappa shape index (κ3) is 3.06. The second kappa shape index (κ2) is 6.10. The van der Waals surface area contributed by atoms with E-state index in [2.05, 4.69) is 5.32 Å². The van der Waals surface area contributed by atoms with Crippen LogP contribution in [0, 0.1) is 0 Å². The Kier molecular flexibility index (Phi) is 4.31. The van der Waals surface area contributed by atoms with Crippen molar-refractivity contribution >= 4 is 15.9 Å². The van der Waals surface area contributed by atoms with Gasteiger partial charge < -0.3 is 15.8 Å². The predicted molar refractivity (Wildman–Crippen MR) is 84.8 cm³/mol. The summed E-state index contributed by atoms with van der Waals surface area (Å²) in [6.07, 6.45) is 2.90. The molecule has 2 unspecified atom stereocenters. The van der Waals surface area contributed by atoms with Gasteiger partial charge in [0.1, 0.15) is 5.75 Å². The third-order valence-electron chi connectivity index (χ3n) is 4.56. The van der Waals surface area contributed by atoms with E-state index in [4.69, 9.17) is 10.5 Å². The maximum Gasteiger partial charge on any atom is 0.252 e. The average Bonchev–Trinajstić information content (AvgIpc) is 2.84. The predicted octanol–water partition coefficient (Wildman–Crippen LogP) is 0.309. The van der Waals surface area contributed by atoms with E-state index in [1.54, 1.807) is 0 Å². The van der Waals surface area contributed by atoms with Crippen molar-refractivity contribution in [3.8, 4) is 5.75 Å². The fraction of sp³-hybridized carbons (Fsp3) is 0.533. The van der Waals surface area contributed by atoms with E-state index >= 15 is 0 Å². The average molecular weight is 339 g/mol. The van der Waals surface area contributed by atoms with Gasteiger partial charge >= 0.3 is 0 Å². The molecule has 0 saturated carbocycles. The quantitative estimate of drug-likeness (QED) is 0.822. The fourth-order valence-corrected chi connectivity index (χ4v) is 4.85. The molecule has 2 atom stereocenters. The Morgan fingerprint density at radius 1 is 1.30 bits per heavy atom. The van der Waals surface area contributed by atoms with Gasteiger partial charge in [-0.1, -0.05) is 0 Å². The number of hydrogen-bond acceptors (Lipinski definition) is 5. The zero-order chi connectivity index (χ0) is 16.6. The van der Waals surface area contributed by atoms with Crippen molar-refractivity contribution in [2.75, 3.05) is 20.2 Å². The van der Waals surface area contributed by atoms with Gasteiger partial charge in [-0.15, -0.1) is 0 Å². The minimum atomic E-state index is -3.66. The molecule has 0 radical (unpaired) electrons. The Morgan fingerprint density at radius 2 is 2.04 bits per heavy atom. The lowest BCUT2D eigenvalue weighted by Crippen LogP contribution is -2.39. The van der Waals surface area contributed by atoms with Gasteiger partial charge in [0.05, 0.1) is 17.6 Å². The molecule has 23 heavy (non-hydrogen) atoms. The van der Waals surface area contributed by atoms with E-state index in [-0.39, 0.29) is 22.3 Å². The topological polar surface area (TPSA) is 102 Å². The molecule has 0 aliphatic carbocycles. The number of nitrogens with one attached hydrogen (secondary N) is 1. The molecule has 3 rings (SSSR count). The summed E-state index contributed by atoms with van der Waals surface area (Å²) in [5.41, 5.74) is 5.39. The second-order valence-electron chi connectivity index (χ2n) is 6.02. The van der Waals surface area contributed by atoms with Crippen molar-refractivity contribution in [2.24, 2.45) is 5.73 Å². The van der Waals surface area contributed by atoms with Crippen molar-refractivity contribution in [3.05, 3.63) is 23.8 Å². The van der Waals surface area contributed by atoms with E-state index in [1.807, 2.05) is 0 Å². The summed E-state index contributed by atoms with van der Waals surface area (Å²) in [4.78, 5) is 11.6. The first kappa shape index (κ1) is 16.2. The summed E-state index contributed by atoms with van der Waals surface area (Å²) in [6, 6.07) is 4.82. The summed E-state index contributed by atoms with van der Waals surface area (Å²) < 4.78 is 32.3. The molecule has 0 spiro atoms. The Balaban J connectivity index is 1.93. The molecule has 2 aliphatic heterocycles. The zero-order valence-electron chi connectivity index (χ0n) is 13.0. The fourth-order valence-electron chi connectivity index (χ4n) is 3.32. The molecule has 7 nitrogen and oxygen atoms in total. The van der Waals surface area contributed by atoms with E-state index in [9.17, 15) is 13.2 Å². The van der Waals surface area contributed by atoms with Gasteiger partial charge in [0.2, 0.25) is 10.0 Å². The molecule has 2 fully saturated rings. The summed E-state index contributed by atoms with van der Waals surface area (Å²) in [5, 5.41) is 3.45. The third-order valence-corrected chi connectivity index (χ3v) is 6.42. The number of benzene rings is 1. The molecule has 1 aromatic carbocycles. The molecular weight excluding hydrogens is 318 g/mol. The van der Waals surface area contributed by atoms with Crippen LogP contribution in [0.5, 0.6) is 5.75 Å². The first-order chi connectivity index (χ1) is 10.9. The maximum atomic E-state index is 12.9. The van der Waals surface area contributed by atoms with Crippen molar-refractivity contribution in [3.63, 3.8) is 0 Å². The first-order valence-corrected chi connectivity index (χ1v) is 9.10. The lowest BCUT2D eigenvalue weighted by Gasteiger charge is -2.24. The number of methoxy groups -OCH3 is 1. The number of sulfonamides is 1. The second-order valence-corrected chi connectivity index (χ2v) is 7.95. The molecule has 1 amide bonds. The lowest BCUT2D eigenvalue weighted by atomic mass is 10.1. The highest BCUT2D eigenvalue weighted by atomic mass is 32.2. The minimum absolute atomic E-state index is 0.0723. The SMILES string of the molecule is COc1ccc(S(=O)(=O)N2CCC3CCC(C2)N3)cc1C(N)=O. The molecule has 0 aromatic heterocycles. The lowest BCUT2D eigenvalue weighted by molar-refractivity contribution is 0.0997. The van der Waals surface area contributed by atoms with Gasteiger partial charge in [-0.05, 0) is 37.5 Å². The number of nitrogens with zero attached hydrogens (tertiary/aromatic N) is 1.